The van der Waals surface area contributed by atoms with Gasteiger partial charge in [-0.25, -0.2) is 4.39 Å². The van der Waals surface area contributed by atoms with Crippen molar-refractivity contribution in [3.63, 3.8) is 0 Å². The summed E-state index contributed by atoms with van der Waals surface area (Å²) < 4.78 is 32.2. The van der Waals surface area contributed by atoms with Crippen LogP contribution in [0.1, 0.15) is 18.9 Å². The first-order valence-electron chi connectivity index (χ1n) is 6.63. The van der Waals surface area contributed by atoms with Gasteiger partial charge in [-0.2, -0.15) is 4.39 Å². The number of rotatable bonds is 5. The predicted molar refractivity (Wildman–Crippen MR) is 76.6 cm³/mol. The van der Waals surface area contributed by atoms with Crippen LogP contribution >= 0.6 is 0 Å². The summed E-state index contributed by atoms with van der Waals surface area (Å²) in [6.45, 7) is 2.07. The molecule has 6 heteroatoms. The van der Waals surface area contributed by atoms with Gasteiger partial charge in [-0.15, -0.1) is 0 Å². The summed E-state index contributed by atoms with van der Waals surface area (Å²) in [5.41, 5.74) is 1.77. The van der Waals surface area contributed by atoms with Crippen molar-refractivity contribution >= 4 is 7.32 Å². The van der Waals surface area contributed by atoms with Gasteiger partial charge in [0, 0.05) is 5.56 Å². The fourth-order valence-corrected chi connectivity index (χ4v) is 2.10. The third kappa shape index (κ3) is 3.59. The van der Waals surface area contributed by atoms with E-state index >= 15 is 0 Å². The molecule has 3 nitrogen and oxygen atoms in total. The SMILES string of the molecule is CCCc1ccc(-c2ccc(OB(O)O)c(F)c2F)cc1. The van der Waals surface area contributed by atoms with Crippen LogP contribution in [0.5, 0.6) is 5.75 Å². The second-order valence-electron chi connectivity index (χ2n) is 4.63. The minimum Gasteiger partial charge on any atom is -0.509 e. The highest BCUT2D eigenvalue weighted by atomic mass is 19.2. The molecule has 21 heavy (non-hydrogen) atoms. The van der Waals surface area contributed by atoms with Crippen LogP contribution in [0.25, 0.3) is 11.1 Å². The van der Waals surface area contributed by atoms with Crippen molar-refractivity contribution in [3.8, 4) is 16.9 Å². The lowest BCUT2D eigenvalue weighted by molar-refractivity contribution is 0.279. The summed E-state index contributed by atoms with van der Waals surface area (Å²) in [7, 11) is -2.20. The van der Waals surface area contributed by atoms with Gasteiger partial charge in [0.15, 0.2) is 11.6 Å². The molecule has 0 spiro atoms. The standard InChI is InChI=1S/C15H15BF2O3/c1-2-3-10-4-6-11(7-5-10)12-8-9-13(21-16(19)20)15(18)14(12)17/h4-9,19-20H,2-3H2,1H3. The van der Waals surface area contributed by atoms with Crippen LogP contribution < -0.4 is 4.65 Å². The van der Waals surface area contributed by atoms with Crippen molar-refractivity contribution in [2.24, 2.45) is 0 Å². The zero-order valence-corrected chi connectivity index (χ0v) is 11.5. The summed E-state index contributed by atoms with van der Waals surface area (Å²) in [5, 5.41) is 17.3. The molecular formula is C15H15BF2O3. The Bertz CT molecular complexity index is 615. The Morgan fingerprint density at radius 1 is 1.00 bits per heavy atom. The average molecular weight is 292 g/mol. The number of benzene rings is 2. The average Bonchev–Trinajstić information content (AvgIpc) is 2.45. The minimum atomic E-state index is -2.20. The fraction of sp³-hybridized carbons (Fsp3) is 0.200. The van der Waals surface area contributed by atoms with Gasteiger partial charge in [0.2, 0.25) is 0 Å². The topological polar surface area (TPSA) is 49.7 Å². The molecule has 0 aromatic heterocycles. The van der Waals surface area contributed by atoms with E-state index in [1.165, 1.54) is 6.07 Å². The first kappa shape index (κ1) is 15.5. The van der Waals surface area contributed by atoms with Crippen molar-refractivity contribution in [2.75, 3.05) is 0 Å². The molecule has 0 bridgehead atoms. The van der Waals surface area contributed by atoms with Gasteiger partial charge in [-0.05, 0) is 29.7 Å². The van der Waals surface area contributed by atoms with E-state index in [-0.39, 0.29) is 5.56 Å². The Morgan fingerprint density at radius 3 is 2.24 bits per heavy atom. The van der Waals surface area contributed by atoms with Crippen molar-refractivity contribution in [3.05, 3.63) is 53.6 Å². The largest absolute Gasteiger partial charge is 0.707 e. The van der Waals surface area contributed by atoms with E-state index in [2.05, 4.69) is 11.6 Å². The minimum absolute atomic E-state index is 0.0929. The van der Waals surface area contributed by atoms with E-state index in [4.69, 9.17) is 10.0 Å². The van der Waals surface area contributed by atoms with Crippen LogP contribution in [0.3, 0.4) is 0 Å². The highest BCUT2D eigenvalue weighted by Gasteiger charge is 2.20. The van der Waals surface area contributed by atoms with Gasteiger partial charge in [0.05, 0.1) is 0 Å². The molecule has 0 radical (unpaired) electrons. The molecule has 0 aliphatic carbocycles. The highest BCUT2D eigenvalue weighted by molar-refractivity contribution is 6.33. The van der Waals surface area contributed by atoms with Crippen LogP contribution in [-0.4, -0.2) is 17.4 Å². The number of halogens is 2. The smallest absolute Gasteiger partial charge is 0.509 e. The van der Waals surface area contributed by atoms with Crippen molar-refractivity contribution < 1.29 is 23.5 Å². The number of hydrogen-bond donors (Lipinski definition) is 2. The van der Waals surface area contributed by atoms with E-state index < -0.39 is 24.7 Å². The lowest BCUT2D eigenvalue weighted by atomic mass is 10.0. The molecule has 0 aliphatic heterocycles. The number of hydrogen-bond acceptors (Lipinski definition) is 3. The molecule has 0 unspecified atom stereocenters. The lowest BCUT2D eigenvalue weighted by Gasteiger charge is -2.10. The van der Waals surface area contributed by atoms with Crippen LogP contribution in [0.15, 0.2) is 36.4 Å². The van der Waals surface area contributed by atoms with Crippen LogP contribution in [0.4, 0.5) is 8.78 Å². The maximum atomic E-state index is 14.0. The van der Waals surface area contributed by atoms with Gasteiger partial charge < -0.3 is 14.7 Å². The van der Waals surface area contributed by atoms with Gasteiger partial charge in [0.25, 0.3) is 0 Å². The van der Waals surface area contributed by atoms with Gasteiger partial charge in [-0.1, -0.05) is 37.6 Å². The molecular weight excluding hydrogens is 277 g/mol. The molecule has 2 rings (SSSR count). The molecule has 0 heterocycles. The molecule has 2 aromatic carbocycles. The Balaban J connectivity index is 2.34. The Morgan fingerprint density at radius 2 is 1.67 bits per heavy atom. The fourth-order valence-electron chi connectivity index (χ4n) is 2.10. The van der Waals surface area contributed by atoms with Crippen molar-refractivity contribution in [2.45, 2.75) is 19.8 Å². The van der Waals surface area contributed by atoms with Crippen molar-refractivity contribution in [1.29, 1.82) is 0 Å². The Labute approximate surface area is 122 Å². The van der Waals surface area contributed by atoms with E-state index in [1.54, 1.807) is 12.1 Å². The molecule has 0 saturated carbocycles. The summed E-state index contributed by atoms with van der Waals surface area (Å²) in [6, 6.07) is 9.70. The number of aryl methyl sites for hydroxylation is 1. The molecule has 0 atom stereocenters. The Kier molecular flexibility index (Phi) is 4.93. The van der Waals surface area contributed by atoms with E-state index in [9.17, 15) is 8.78 Å². The van der Waals surface area contributed by atoms with E-state index in [1.807, 2.05) is 12.1 Å². The molecule has 110 valence electrons. The maximum absolute atomic E-state index is 14.0. The van der Waals surface area contributed by atoms with Gasteiger partial charge in [0.1, 0.15) is 5.75 Å². The second-order valence-corrected chi connectivity index (χ2v) is 4.63. The summed E-state index contributed by atoms with van der Waals surface area (Å²) in [5.74, 6) is -2.89. The lowest BCUT2D eigenvalue weighted by Crippen LogP contribution is -2.21. The van der Waals surface area contributed by atoms with E-state index in [0.29, 0.717) is 5.56 Å². The maximum Gasteiger partial charge on any atom is 0.707 e. The van der Waals surface area contributed by atoms with Crippen LogP contribution in [0, 0.1) is 11.6 Å². The summed E-state index contributed by atoms with van der Waals surface area (Å²) in [6.07, 6.45) is 1.94. The monoisotopic (exact) mass is 292 g/mol. The first-order valence-corrected chi connectivity index (χ1v) is 6.63. The first-order chi connectivity index (χ1) is 10.0. The quantitative estimate of drug-likeness (QED) is 0.833. The molecule has 0 amide bonds. The third-order valence-corrected chi connectivity index (χ3v) is 3.08. The molecule has 0 fully saturated rings. The molecule has 0 saturated heterocycles. The third-order valence-electron chi connectivity index (χ3n) is 3.08. The highest BCUT2D eigenvalue weighted by Crippen LogP contribution is 2.30. The van der Waals surface area contributed by atoms with Gasteiger partial charge in [-0.3, -0.25) is 0 Å². The van der Waals surface area contributed by atoms with Crippen LogP contribution in [0.2, 0.25) is 0 Å². The molecule has 2 N–H and O–H groups in total. The van der Waals surface area contributed by atoms with Crippen LogP contribution in [-0.2, 0) is 6.42 Å². The van der Waals surface area contributed by atoms with E-state index in [0.717, 1.165) is 24.5 Å². The zero-order chi connectivity index (χ0) is 15.4. The zero-order valence-electron chi connectivity index (χ0n) is 11.5. The second kappa shape index (κ2) is 6.69. The van der Waals surface area contributed by atoms with Gasteiger partial charge >= 0.3 is 7.32 Å². The Hall–Kier alpha value is -1.92. The summed E-state index contributed by atoms with van der Waals surface area (Å²) in [4.78, 5) is 0. The molecule has 2 aromatic rings. The predicted octanol–water partition coefficient (Wildman–Crippen LogP) is 2.93. The molecule has 0 aliphatic rings. The van der Waals surface area contributed by atoms with Crippen molar-refractivity contribution in [1.82, 2.24) is 0 Å². The summed E-state index contributed by atoms with van der Waals surface area (Å²) >= 11 is 0. The normalized spacial score (nSPS) is 10.5.